The Labute approximate surface area is 52.1 Å². The smallest absolute Gasteiger partial charge is 0.320 e. The van der Waals surface area contributed by atoms with Crippen molar-refractivity contribution in [1.82, 2.24) is 0 Å². The summed E-state index contributed by atoms with van der Waals surface area (Å²) < 4.78 is 4.42. The molecule has 0 radical (unpaired) electrons. The van der Waals surface area contributed by atoms with Gasteiger partial charge < -0.3 is 4.74 Å². The van der Waals surface area contributed by atoms with Gasteiger partial charge in [-0.15, -0.1) is 11.6 Å². The third-order valence-electron chi connectivity index (χ3n) is 0.414. The highest BCUT2D eigenvalue weighted by atomic mass is 35.5. The molecule has 0 bridgehead atoms. The summed E-state index contributed by atoms with van der Waals surface area (Å²) in [7, 11) is 0. The second kappa shape index (κ2) is 6.69. The van der Waals surface area contributed by atoms with E-state index in [1.54, 1.807) is 6.92 Å². The zero-order valence-corrected chi connectivity index (χ0v) is 5.27. The van der Waals surface area contributed by atoms with Crippen LogP contribution in [-0.2, 0) is 9.53 Å². The monoisotopic (exact) mass is 142 g/mol. The molecule has 0 N–H and O–H groups in total. The summed E-state index contributed by atoms with van der Waals surface area (Å²) in [6.45, 7) is 2.15. The van der Waals surface area contributed by atoms with Gasteiger partial charge >= 0.3 is 5.97 Å². The molecule has 0 spiro atoms. The van der Waals surface area contributed by atoms with Gasteiger partial charge in [-0.1, -0.05) is 0 Å². The molecule has 0 amide bonds. The summed E-state index contributed by atoms with van der Waals surface area (Å²) in [5.41, 5.74) is 0. The van der Waals surface area contributed by atoms with E-state index in [0.717, 1.165) is 0 Å². The van der Waals surface area contributed by atoms with Gasteiger partial charge in [0.1, 0.15) is 5.88 Å². The van der Waals surface area contributed by atoms with Crippen molar-refractivity contribution >= 4 is 17.6 Å². The summed E-state index contributed by atoms with van der Waals surface area (Å²) in [4.78, 5) is 10.1. The Hall–Kier alpha value is -0.310. The number of hydrogen-bond donors (Lipinski definition) is 0. The van der Waals surface area contributed by atoms with E-state index in [-0.39, 0.29) is 16.6 Å². The van der Waals surface area contributed by atoms with E-state index in [1.165, 1.54) is 0 Å². The fourth-order valence-electron chi connectivity index (χ4n) is 0.200. The molecule has 50 valence electrons. The number of hydrogen-bond acceptors (Lipinski definition) is 2. The molecule has 0 aliphatic rings. The van der Waals surface area contributed by atoms with Crippen molar-refractivity contribution < 1.29 is 14.2 Å². The third kappa shape index (κ3) is 5.69. The van der Waals surface area contributed by atoms with Crippen molar-refractivity contribution in [3.8, 4) is 0 Å². The Morgan fingerprint density at radius 2 is 2.25 bits per heavy atom. The maximum absolute atomic E-state index is 10.1. The van der Waals surface area contributed by atoms with E-state index in [9.17, 15) is 4.79 Å². The average molecular weight is 143 g/mol. The Morgan fingerprint density at radius 3 is 2.38 bits per heavy atom. The first kappa shape index (κ1) is 10.6. The molecule has 0 unspecified atom stereocenters. The van der Waals surface area contributed by atoms with E-state index >= 15 is 0 Å². The van der Waals surface area contributed by atoms with Crippen LogP contribution < -0.4 is 0 Å². The average Bonchev–Trinajstić information content (AvgIpc) is 1.68. The summed E-state index contributed by atoms with van der Waals surface area (Å²) >= 11 is 5.06. The van der Waals surface area contributed by atoms with Crippen LogP contribution in [0, 0.1) is 0 Å². The molecule has 0 saturated carbocycles. The highest BCUT2D eigenvalue weighted by Gasteiger charge is 1.93. The van der Waals surface area contributed by atoms with Gasteiger partial charge in [0.25, 0.3) is 0 Å². The Bertz CT molecular complexity index is 67.1. The van der Waals surface area contributed by atoms with E-state index in [2.05, 4.69) is 4.74 Å². The Balaban J connectivity index is 0. The lowest BCUT2D eigenvalue weighted by atomic mass is 10.8. The lowest BCUT2D eigenvalue weighted by Crippen LogP contribution is -2.03. The molecule has 0 aliphatic heterocycles. The van der Waals surface area contributed by atoms with Crippen LogP contribution in [0.25, 0.3) is 0 Å². The van der Waals surface area contributed by atoms with Crippen molar-refractivity contribution in [1.29, 1.82) is 0 Å². The van der Waals surface area contributed by atoms with Gasteiger partial charge in [-0.05, 0) is 6.92 Å². The molecule has 4 heteroatoms. The van der Waals surface area contributed by atoms with Crippen molar-refractivity contribution in [3.63, 3.8) is 0 Å². The maximum atomic E-state index is 10.1. The minimum Gasteiger partial charge on any atom is -0.465 e. The van der Waals surface area contributed by atoms with Crippen LogP contribution in [0.4, 0.5) is 4.70 Å². The molecule has 0 aromatic carbocycles. The van der Waals surface area contributed by atoms with E-state index < -0.39 is 0 Å². The highest BCUT2D eigenvalue weighted by Crippen LogP contribution is 1.79. The summed E-state index contributed by atoms with van der Waals surface area (Å²) in [5, 5.41) is 0. The topological polar surface area (TPSA) is 26.3 Å². The first-order valence-corrected chi connectivity index (χ1v) is 2.56. The van der Waals surface area contributed by atoms with Crippen molar-refractivity contribution in [3.05, 3.63) is 0 Å². The number of esters is 1. The number of rotatable bonds is 2. The van der Waals surface area contributed by atoms with Gasteiger partial charge in [0.05, 0.1) is 6.61 Å². The summed E-state index contributed by atoms with van der Waals surface area (Å²) in [6.07, 6.45) is 0. The molecule has 8 heavy (non-hydrogen) atoms. The van der Waals surface area contributed by atoms with E-state index in [1.807, 2.05) is 0 Å². The number of halogens is 2. The van der Waals surface area contributed by atoms with Crippen LogP contribution in [0.15, 0.2) is 0 Å². The molecule has 0 aromatic heterocycles. The lowest BCUT2D eigenvalue weighted by molar-refractivity contribution is -0.140. The van der Waals surface area contributed by atoms with Crippen molar-refractivity contribution in [2.45, 2.75) is 6.92 Å². The standard InChI is InChI=1S/C4H7ClO2.FH/c1-2-7-4(6)3-5;/h2-3H2,1H3;1H. The van der Waals surface area contributed by atoms with Crippen LogP contribution in [0.2, 0.25) is 0 Å². The van der Waals surface area contributed by atoms with Gasteiger partial charge in [0, 0.05) is 0 Å². The predicted octanol–water partition coefficient (Wildman–Crippen LogP) is 0.941. The fourth-order valence-corrected chi connectivity index (χ4v) is 0.277. The van der Waals surface area contributed by atoms with Crippen LogP contribution in [0.1, 0.15) is 6.92 Å². The molecule has 0 atom stereocenters. The van der Waals surface area contributed by atoms with Gasteiger partial charge in [0.2, 0.25) is 0 Å². The van der Waals surface area contributed by atoms with Crippen molar-refractivity contribution in [2.24, 2.45) is 0 Å². The zero-order valence-electron chi connectivity index (χ0n) is 4.52. The number of ether oxygens (including phenoxy) is 1. The second-order valence-electron chi connectivity index (χ2n) is 0.939. The normalized spacial score (nSPS) is 7.25. The molecule has 0 aliphatic carbocycles. The van der Waals surface area contributed by atoms with E-state index in [4.69, 9.17) is 11.6 Å². The quantitative estimate of drug-likeness (QED) is 0.424. The minimum absolute atomic E-state index is 0. The number of carbonyl (C=O) groups is 1. The Morgan fingerprint density at radius 1 is 1.75 bits per heavy atom. The molecule has 0 aromatic rings. The third-order valence-corrected chi connectivity index (χ3v) is 0.633. The first-order valence-electron chi connectivity index (χ1n) is 2.02. The second-order valence-corrected chi connectivity index (χ2v) is 1.21. The molecule has 0 saturated heterocycles. The molecule has 0 fully saturated rings. The van der Waals surface area contributed by atoms with Crippen molar-refractivity contribution in [2.75, 3.05) is 12.5 Å². The maximum Gasteiger partial charge on any atom is 0.320 e. The highest BCUT2D eigenvalue weighted by molar-refractivity contribution is 6.26. The first-order chi connectivity index (χ1) is 3.31. The molecule has 2 nitrogen and oxygen atoms in total. The fraction of sp³-hybridized carbons (Fsp3) is 0.750. The molecule has 0 rings (SSSR count). The number of carbonyl (C=O) groups excluding carboxylic acids is 1. The molecular formula is C4H8ClFO2. The molecular weight excluding hydrogens is 134 g/mol. The van der Waals surface area contributed by atoms with Crippen LogP contribution in [0.5, 0.6) is 0 Å². The lowest BCUT2D eigenvalue weighted by Gasteiger charge is -1.92. The number of alkyl halides is 1. The molecule has 0 heterocycles. The predicted molar refractivity (Wildman–Crippen MR) is 29.9 cm³/mol. The largest absolute Gasteiger partial charge is 0.465 e. The van der Waals surface area contributed by atoms with Gasteiger partial charge in [-0.25, -0.2) is 0 Å². The van der Waals surface area contributed by atoms with E-state index in [0.29, 0.717) is 6.61 Å². The van der Waals surface area contributed by atoms with Crippen LogP contribution in [-0.4, -0.2) is 18.5 Å². The summed E-state index contributed by atoms with van der Waals surface area (Å²) in [6, 6.07) is 0. The van der Waals surface area contributed by atoms with Gasteiger partial charge in [0.15, 0.2) is 0 Å². The van der Waals surface area contributed by atoms with Crippen LogP contribution >= 0.6 is 11.6 Å². The van der Waals surface area contributed by atoms with Gasteiger partial charge in [-0.3, -0.25) is 9.50 Å². The Kier molecular flexibility index (Phi) is 8.89. The van der Waals surface area contributed by atoms with Gasteiger partial charge in [-0.2, -0.15) is 0 Å². The SMILES string of the molecule is CCOC(=O)CCl.F. The zero-order chi connectivity index (χ0) is 5.70. The summed E-state index contributed by atoms with van der Waals surface area (Å²) in [5.74, 6) is -0.405. The minimum atomic E-state index is -0.357. The van der Waals surface area contributed by atoms with Crippen LogP contribution in [0.3, 0.4) is 0 Å².